The van der Waals surface area contributed by atoms with Crippen molar-refractivity contribution in [1.29, 1.82) is 0 Å². The number of nitrogens with one attached hydrogen (secondary N) is 2. The summed E-state index contributed by atoms with van der Waals surface area (Å²) >= 11 is 2.01. The van der Waals surface area contributed by atoms with Crippen LogP contribution >= 0.6 is 35.7 Å². The molecule has 0 amide bonds. The van der Waals surface area contributed by atoms with Gasteiger partial charge in [-0.2, -0.15) is 11.8 Å². The van der Waals surface area contributed by atoms with Crippen LogP contribution in [0, 0.1) is 0 Å². The Balaban J connectivity index is 0.00000280. The number of aliphatic imine (C=N–C) groups is 1. The minimum absolute atomic E-state index is 0. The molecule has 1 fully saturated rings. The minimum Gasteiger partial charge on any atom is -0.444 e. The van der Waals surface area contributed by atoms with Crippen molar-refractivity contribution in [1.82, 2.24) is 15.6 Å². The Labute approximate surface area is 188 Å². The van der Waals surface area contributed by atoms with Crippen LogP contribution in [-0.2, 0) is 11.3 Å². The summed E-state index contributed by atoms with van der Waals surface area (Å²) in [7, 11) is 1.79. The molecule has 0 saturated carbocycles. The van der Waals surface area contributed by atoms with Gasteiger partial charge in [0.1, 0.15) is 6.26 Å². The van der Waals surface area contributed by atoms with Gasteiger partial charge in [-0.05, 0) is 30.7 Å². The SMILES string of the molecule is CCSC1(CNC(=NC)NCc2coc(-c3ccccc3)n2)CCOCC1.I. The summed E-state index contributed by atoms with van der Waals surface area (Å²) in [5.74, 6) is 2.52. The predicted molar refractivity (Wildman–Crippen MR) is 126 cm³/mol. The smallest absolute Gasteiger partial charge is 0.226 e. The van der Waals surface area contributed by atoms with E-state index in [1.54, 1.807) is 13.3 Å². The van der Waals surface area contributed by atoms with Gasteiger partial charge in [0.15, 0.2) is 5.96 Å². The van der Waals surface area contributed by atoms with Gasteiger partial charge in [0.05, 0.1) is 12.2 Å². The molecular weight excluding hydrogens is 487 g/mol. The maximum absolute atomic E-state index is 5.59. The third-order valence-electron chi connectivity index (χ3n) is 4.67. The van der Waals surface area contributed by atoms with Crippen LogP contribution in [0.4, 0.5) is 0 Å². The highest BCUT2D eigenvalue weighted by Crippen LogP contribution is 2.34. The molecule has 2 heterocycles. The molecule has 1 aliphatic heterocycles. The lowest BCUT2D eigenvalue weighted by atomic mass is 9.99. The summed E-state index contributed by atoms with van der Waals surface area (Å²) in [6, 6.07) is 9.91. The average molecular weight is 516 g/mol. The van der Waals surface area contributed by atoms with Crippen LogP contribution in [0.1, 0.15) is 25.5 Å². The standard InChI is InChI=1S/C20H28N4O2S.HI/c1-3-27-20(9-11-25-12-10-20)15-23-19(21-2)22-13-17-14-26-18(24-17)16-7-5-4-6-8-16;/h4-8,14H,3,9-13,15H2,1-2H3,(H2,21,22,23);1H. The number of nitrogens with zero attached hydrogens (tertiary/aromatic N) is 2. The lowest BCUT2D eigenvalue weighted by molar-refractivity contribution is 0.0782. The van der Waals surface area contributed by atoms with E-state index in [1.807, 2.05) is 42.1 Å². The second-order valence-corrected chi connectivity index (χ2v) is 8.25. The van der Waals surface area contributed by atoms with Crippen molar-refractivity contribution in [2.24, 2.45) is 4.99 Å². The highest BCUT2D eigenvalue weighted by molar-refractivity contribution is 14.0. The van der Waals surface area contributed by atoms with Gasteiger partial charge in [0, 0.05) is 37.1 Å². The highest BCUT2D eigenvalue weighted by atomic mass is 127. The van der Waals surface area contributed by atoms with Crippen molar-refractivity contribution in [2.45, 2.75) is 31.1 Å². The zero-order valence-electron chi connectivity index (χ0n) is 16.4. The molecule has 0 atom stereocenters. The quantitative estimate of drug-likeness (QED) is 0.330. The molecule has 0 aliphatic carbocycles. The van der Waals surface area contributed by atoms with E-state index in [-0.39, 0.29) is 28.7 Å². The van der Waals surface area contributed by atoms with Gasteiger partial charge in [-0.25, -0.2) is 4.98 Å². The lowest BCUT2D eigenvalue weighted by Crippen LogP contribution is -2.48. The summed E-state index contributed by atoms with van der Waals surface area (Å²) in [6.07, 6.45) is 3.83. The number of ether oxygens (including phenoxy) is 1. The molecule has 1 aromatic heterocycles. The summed E-state index contributed by atoms with van der Waals surface area (Å²) in [4.78, 5) is 8.89. The molecule has 28 heavy (non-hydrogen) atoms. The number of hydrogen-bond donors (Lipinski definition) is 2. The number of thioether (sulfide) groups is 1. The fourth-order valence-corrected chi connectivity index (χ4v) is 4.40. The van der Waals surface area contributed by atoms with E-state index in [1.165, 1.54) is 0 Å². The lowest BCUT2D eigenvalue weighted by Gasteiger charge is -2.37. The molecule has 1 aliphatic rings. The largest absolute Gasteiger partial charge is 0.444 e. The highest BCUT2D eigenvalue weighted by Gasteiger charge is 2.32. The number of guanidine groups is 1. The number of oxazole rings is 1. The fraction of sp³-hybridized carbons (Fsp3) is 0.500. The molecule has 0 bridgehead atoms. The first-order chi connectivity index (χ1) is 13.2. The minimum atomic E-state index is 0. The van der Waals surface area contributed by atoms with Gasteiger partial charge in [-0.1, -0.05) is 25.1 Å². The predicted octanol–water partition coefficient (Wildman–Crippen LogP) is 3.93. The maximum Gasteiger partial charge on any atom is 0.226 e. The molecule has 8 heteroatoms. The van der Waals surface area contributed by atoms with E-state index in [2.05, 4.69) is 27.5 Å². The van der Waals surface area contributed by atoms with E-state index < -0.39 is 0 Å². The van der Waals surface area contributed by atoms with Crippen LogP contribution < -0.4 is 10.6 Å². The molecule has 0 spiro atoms. The van der Waals surface area contributed by atoms with Crippen molar-refractivity contribution in [3.8, 4) is 11.5 Å². The number of rotatable bonds is 7. The Hall–Kier alpha value is -1.26. The second-order valence-electron chi connectivity index (χ2n) is 6.52. The first kappa shape index (κ1) is 23.0. The zero-order valence-corrected chi connectivity index (χ0v) is 19.6. The van der Waals surface area contributed by atoms with Crippen LogP contribution in [0.5, 0.6) is 0 Å². The van der Waals surface area contributed by atoms with E-state index in [0.717, 1.165) is 55.6 Å². The number of halogens is 1. The molecule has 0 unspecified atom stereocenters. The van der Waals surface area contributed by atoms with Crippen LogP contribution in [0.3, 0.4) is 0 Å². The van der Waals surface area contributed by atoms with Crippen LogP contribution in [-0.4, -0.2) is 48.2 Å². The second kappa shape index (κ2) is 11.7. The van der Waals surface area contributed by atoms with E-state index >= 15 is 0 Å². The van der Waals surface area contributed by atoms with Crippen LogP contribution in [0.15, 0.2) is 46.0 Å². The molecule has 1 saturated heterocycles. The van der Waals surface area contributed by atoms with Crippen LogP contribution in [0.25, 0.3) is 11.5 Å². The Morgan fingerprint density at radius 2 is 1.96 bits per heavy atom. The van der Waals surface area contributed by atoms with Gasteiger partial charge in [0.2, 0.25) is 5.89 Å². The van der Waals surface area contributed by atoms with E-state index in [4.69, 9.17) is 9.15 Å². The van der Waals surface area contributed by atoms with E-state index in [0.29, 0.717) is 12.4 Å². The monoisotopic (exact) mass is 516 g/mol. The molecule has 3 rings (SSSR count). The summed E-state index contributed by atoms with van der Waals surface area (Å²) in [5, 5.41) is 6.80. The summed E-state index contributed by atoms with van der Waals surface area (Å²) in [5.41, 5.74) is 1.82. The molecule has 1 aromatic carbocycles. The Bertz CT molecular complexity index is 727. The summed E-state index contributed by atoms with van der Waals surface area (Å²) < 4.78 is 11.4. The first-order valence-electron chi connectivity index (χ1n) is 9.41. The van der Waals surface area contributed by atoms with Crippen molar-refractivity contribution in [2.75, 3.05) is 32.6 Å². The van der Waals surface area contributed by atoms with Crippen molar-refractivity contribution >= 4 is 41.7 Å². The average Bonchev–Trinajstić information content (AvgIpc) is 3.19. The van der Waals surface area contributed by atoms with Crippen molar-refractivity contribution < 1.29 is 9.15 Å². The van der Waals surface area contributed by atoms with Gasteiger partial charge >= 0.3 is 0 Å². The van der Waals surface area contributed by atoms with Crippen molar-refractivity contribution in [3.63, 3.8) is 0 Å². The van der Waals surface area contributed by atoms with Crippen LogP contribution in [0.2, 0.25) is 0 Å². The molecule has 154 valence electrons. The summed E-state index contributed by atoms with van der Waals surface area (Å²) in [6.45, 7) is 5.32. The molecule has 0 radical (unpaired) electrons. The molecule has 2 N–H and O–H groups in total. The number of hydrogen-bond acceptors (Lipinski definition) is 5. The Morgan fingerprint density at radius 1 is 1.21 bits per heavy atom. The topological polar surface area (TPSA) is 71.7 Å². The van der Waals surface area contributed by atoms with Gasteiger partial charge in [-0.3, -0.25) is 4.99 Å². The number of aromatic nitrogens is 1. The third-order valence-corrected chi connectivity index (χ3v) is 6.12. The van der Waals surface area contributed by atoms with Gasteiger partial charge in [0.25, 0.3) is 0 Å². The number of benzene rings is 1. The molecule has 2 aromatic rings. The molecule has 6 nitrogen and oxygen atoms in total. The fourth-order valence-electron chi connectivity index (χ4n) is 3.16. The van der Waals surface area contributed by atoms with Gasteiger partial charge in [-0.15, -0.1) is 24.0 Å². The van der Waals surface area contributed by atoms with Crippen molar-refractivity contribution in [3.05, 3.63) is 42.3 Å². The Kier molecular flexibility index (Phi) is 9.60. The van der Waals surface area contributed by atoms with Gasteiger partial charge < -0.3 is 19.8 Å². The third kappa shape index (κ3) is 6.38. The Morgan fingerprint density at radius 3 is 2.64 bits per heavy atom. The normalized spacial score (nSPS) is 16.3. The van der Waals surface area contributed by atoms with E-state index in [9.17, 15) is 0 Å². The first-order valence-corrected chi connectivity index (χ1v) is 10.4. The maximum atomic E-state index is 5.59. The molecular formula is C20H29IN4O2S. The zero-order chi connectivity index (χ0) is 19.0.